The molecule has 31 heavy (non-hydrogen) atoms. The first kappa shape index (κ1) is 22.2. The van der Waals surface area contributed by atoms with Crippen LogP contribution in [-0.2, 0) is 21.2 Å². The molecule has 0 fully saturated rings. The lowest BCUT2D eigenvalue weighted by atomic mass is 10.2. The van der Waals surface area contributed by atoms with Crippen LogP contribution in [0.15, 0.2) is 70.5 Å². The summed E-state index contributed by atoms with van der Waals surface area (Å²) in [5.41, 5.74) is 0.140. The molecule has 0 N–H and O–H groups in total. The van der Waals surface area contributed by atoms with Crippen molar-refractivity contribution in [3.8, 4) is 11.5 Å². The Morgan fingerprint density at radius 2 is 1.65 bits per heavy atom. The minimum absolute atomic E-state index is 0.0825. The number of halogens is 2. The van der Waals surface area contributed by atoms with Crippen LogP contribution in [-0.4, -0.2) is 28.6 Å². The van der Waals surface area contributed by atoms with Gasteiger partial charge in [0.05, 0.1) is 24.7 Å². The van der Waals surface area contributed by atoms with Crippen molar-refractivity contribution in [2.24, 2.45) is 0 Å². The van der Waals surface area contributed by atoms with Crippen molar-refractivity contribution in [1.29, 1.82) is 0 Å². The van der Waals surface area contributed by atoms with Gasteiger partial charge in [0.2, 0.25) is 9.84 Å². The zero-order valence-electron chi connectivity index (χ0n) is 16.6. The molecule has 3 aromatic carbocycles. The van der Waals surface area contributed by atoms with Gasteiger partial charge in [0, 0.05) is 12.1 Å². The summed E-state index contributed by atoms with van der Waals surface area (Å²) in [6, 6.07) is 13.9. The molecule has 3 rings (SSSR count). The molecule has 0 unspecified atom stereocenters. The molecule has 0 bridgehead atoms. The molecule has 0 spiro atoms. The Hall–Kier alpha value is -3.46. The summed E-state index contributed by atoms with van der Waals surface area (Å²) in [4.78, 5) is 10.6. The van der Waals surface area contributed by atoms with Crippen molar-refractivity contribution in [3.05, 3.63) is 83.4 Å². The first-order valence-electron chi connectivity index (χ1n) is 8.95. The maximum absolute atomic E-state index is 14.5. The van der Waals surface area contributed by atoms with Crippen LogP contribution < -0.4 is 9.47 Å². The van der Waals surface area contributed by atoms with Crippen LogP contribution in [0.3, 0.4) is 0 Å². The summed E-state index contributed by atoms with van der Waals surface area (Å²) in [6.45, 7) is 0.211. The zero-order chi connectivity index (χ0) is 22.6. The number of hydrogen-bond acceptors (Lipinski definition) is 6. The molecular formula is C22H18F2O6S. The van der Waals surface area contributed by atoms with Gasteiger partial charge in [-0.15, -0.1) is 0 Å². The van der Waals surface area contributed by atoms with Crippen molar-refractivity contribution in [3.63, 3.8) is 0 Å². The second kappa shape index (κ2) is 9.13. The fraction of sp³-hybridized carbons (Fsp3) is 0.136. The van der Waals surface area contributed by atoms with Crippen LogP contribution in [0.1, 0.15) is 15.9 Å². The van der Waals surface area contributed by atoms with E-state index in [1.54, 1.807) is 0 Å². The molecule has 0 amide bonds. The van der Waals surface area contributed by atoms with Gasteiger partial charge in [-0.2, -0.15) is 0 Å². The Morgan fingerprint density at radius 1 is 0.935 bits per heavy atom. The molecule has 0 heterocycles. The summed E-state index contributed by atoms with van der Waals surface area (Å²) >= 11 is 0. The summed E-state index contributed by atoms with van der Waals surface area (Å²) in [5, 5.41) is 0. The van der Waals surface area contributed by atoms with E-state index >= 15 is 0 Å². The lowest BCUT2D eigenvalue weighted by Crippen LogP contribution is -2.14. The highest BCUT2D eigenvalue weighted by Crippen LogP contribution is 2.35. The lowest BCUT2D eigenvalue weighted by molar-refractivity contribution is 0.0594. The number of benzene rings is 3. The molecular weight excluding hydrogens is 430 g/mol. The van der Waals surface area contributed by atoms with E-state index in [-0.39, 0.29) is 23.0 Å². The second-order valence-corrected chi connectivity index (χ2v) is 8.23. The van der Waals surface area contributed by atoms with Crippen LogP contribution in [0.2, 0.25) is 0 Å². The third kappa shape index (κ3) is 4.66. The van der Waals surface area contributed by atoms with Gasteiger partial charge >= 0.3 is 5.97 Å². The normalized spacial score (nSPS) is 11.1. The Bertz CT molecular complexity index is 1210. The topological polar surface area (TPSA) is 78.9 Å². The van der Waals surface area contributed by atoms with Gasteiger partial charge in [0.15, 0.2) is 11.5 Å². The average Bonchev–Trinajstić information content (AvgIpc) is 2.76. The van der Waals surface area contributed by atoms with E-state index in [0.717, 1.165) is 18.7 Å². The smallest absolute Gasteiger partial charge is 0.339 e. The van der Waals surface area contributed by atoms with Gasteiger partial charge in [-0.1, -0.05) is 30.3 Å². The molecule has 162 valence electrons. The summed E-state index contributed by atoms with van der Waals surface area (Å²) in [7, 11) is -2.27. The van der Waals surface area contributed by atoms with Crippen molar-refractivity contribution in [2.45, 2.75) is 16.4 Å². The van der Waals surface area contributed by atoms with E-state index in [2.05, 4.69) is 4.74 Å². The van der Waals surface area contributed by atoms with Crippen LogP contribution in [0.4, 0.5) is 8.78 Å². The molecule has 0 saturated heterocycles. The Balaban J connectivity index is 2.02. The average molecular weight is 448 g/mol. The fourth-order valence-corrected chi connectivity index (χ4v) is 4.38. The monoisotopic (exact) mass is 448 g/mol. The van der Waals surface area contributed by atoms with Gasteiger partial charge in [0.1, 0.15) is 23.1 Å². The number of rotatable bonds is 7. The maximum atomic E-state index is 14.5. The minimum Gasteiger partial charge on any atom is -0.493 e. The number of carbonyl (C=O) groups is 1. The van der Waals surface area contributed by atoms with Gasteiger partial charge < -0.3 is 14.2 Å². The van der Waals surface area contributed by atoms with Crippen LogP contribution in [0, 0.1) is 11.6 Å². The SMILES string of the molecule is COC(=O)c1cc(F)cc(F)c1S(=O)(=O)c1ccc(OCc2ccccc2)c(OC)c1. The predicted molar refractivity (Wildman–Crippen MR) is 107 cm³/mol. The number of esters is 1. The van der Waals surface area contributed by atoms with Crippen LogP contribution >= 0.6 is 0 Å². The molecule has 0 saturated carbocycles. The predicted octanol–water partition coefficient (Wildman–Crippen LogP) is 4.17. The number of carbonyl (C=O) groups excluding carboxylic acids is 1. The molecule has 0 aliphatic carbocycles. The number of hydrogen-bond donors (Lipinski definition) is 0. The molecule has 0 aliphatic heterocycles. The highest BCUT2D eigenvalue weighted by molar-refractivity contribution is 7.91. The first-order valence-corrected chi connectivity index (χ1v) is 10.4. The largest absolute Gasteiger partial charge is 0.493 e. The van der Waals surface area contributed by atoms with Crippen molar-refractivity contribution < 1.29 is 36.2 Å². The Labute approximate surface area is 177 Å². The van der Waals surface area contributed by atoms with Crippen molar-refractivity contribution in [1.82, 2.24) is 0 Å². The standard InChI is InChI=1S/C22H18F2O6S/c1-28-20-12-16(8-9-19(20)30-13-14-6-4-3-5-7-14)31(26,27)21-17(22(25)29-2)10-15(23)11-18(21)24/h3-12H,13H2,1-2H3. The van der Waals surface area contributed by atoms with E-state index in [1.807, 2.05) is 30.3 Å². The fourth-order valence-electron chi connectivity index (χ4n) is 2.88. The molecule has 0 atom stereocenters. The molecule has 6 nitrogen and oxygen atoms in total. The quantitative estimate of drug-likeness (QED) is 0.399. The zero-order valence-corrected chi connectivity index (χ0v) is 17.4. The summed E-state index contributed by atoms with van der Waals surface area (Å²) < 4.78 is 69.7. The van der Waals surface area contributed by atoms with Crippen molar-refractivity contribution >= 4 is 15.8 Å². The third-order valence-electron chi connectivity index (χ3n) is 4.36. The molecule has 0 aliphatic rings. The van der Waals surface area contributed by atoms with Gasteiger partial charge in [-0.3, -0.25) is 0 Å². The van der Waals surface area contributed by atoms with E-state index in [1.165, 1.54) is 19.2 Å². The third-order valence-corrected chi connectivity index (χ3v) is 6.19. The number of methoxy groups -OCH3 is 2. The highest BCUT2D eigenvalue weighted by Gasteiger charge is 2.31. The van der Waals surface area contributed by atoms with Gasteiger partial charge in [0.25, 0.3) is 0 Å². The summed E-state index contributed by atoms with van der Waals surface area (Å²) in [6.07, 6.45) is 0. The maximum Gasteiger partial charge on any atom is 0.339 e. The Morgan fingerprint density at radius 3 is 2.29 bits per heavy atom. The van der Waals surface area contributed by atoms with Crippen LogP contribution in [0.5, 0.6) is 11.5 Å². The van der Waals surface area contributed by atoms with Gasteiger partial charge in [-0.25, -0.2) is 22.0 Å². The first-order chi connectivity index (χ1) is 14.8. The van der Waals surface area contributed by atoms with E-state index < -0.39 is 37.9 Å². The number of sulfone groups is 1. The van der Waals surface area contributed by atoms with E-state index in [9.17, 15) is 22.0 Å². The molecule has 3 aromatic rings. The Kier molecular flexibility index (Phi) is 6.55. The van der Waals surface area contributed by atoms with Gasteiger partial charge in [-0.05, 0) is 23.8 Å². The minimum atomic E-state index is -4.57. The van der Waals surface area contributed by atoms with Crippen LogP contribution in [0.25, 0.3) is 0 Å². The second-order valence-electron chi connectivity index (χ2n) is 6.35. The lowest BCUT2D eigenvalue weighted by Gasteiger charge is -2.14. The highest BCUT2D eigenvalue weighted by atomic mass is 32.2. The molecule has 0 radical (unpaired) electrons. The molecule has 9 heteroatoms. The van der Waals surface area contributed by atoms with E-state index in [4.69, 9.17) is 9.47 Å². The summed E-state index contributed by atoms with van der Waals surface area (Å²) in [5.74, 6) is -3.37. The number of ether oxygens (including phenoxy) is 3. The molecule has 0 aromatic heterocycles. The van der Waals surface area contributed by atoms with Crippen molar-refractivity contribution in [2.75, 3.05) is 14.2 Å². The van der Waals surface area contributed by atoms with E-state index in [0.29, 0.717) is 12.1 Å².